The van der Waals surface area contributed by atoms with Gasteiger partial charge in [-0.1, -0.05) is 105 Å². The third-order valence-corrected chi connectivity index (χ3v) is 14.5. The van der Waals surface area contributed by atoms with E-state index >= 15 is 0 Å². The molecule has 6 aliphatic rings. The summed E-state index contributed by atoms with van der Waals surface area (Å²) in [4.78, 5) is 43.0. The number of aliphatic hydroxyl groups is 1. The minimum Gasteiger partial charge on any atom is -0.510 e. The van der Waals surface area contributed by atoms with Gasteiger partial charge >= 0.3 is 11.9 Å². The first kappa shape index (κ1) is 50.4. The summed E-state index contributed by atoms with van der Waals surface area (Å²) >= 11 is 0. The highest BCUT2D eigenvalue weighted by Crippen LogP contribution is 2.49. The molecule has 356 valence electrons. The van der Waals surface area contributed by atoms with E-state index < -0.39 is 18.0 Å². The van der Waals surface area contributed by atoms with Crippen molar-refractivity contribution in [2.24, 2.45) is 50.5 Å². The van der Waals surface area contributed by atoms with E-state index in [1.807, 2.05) is 31.2 Å². The number of nitrogens with zero attached hydrogens (tertiary/aromatic N) is 3. The first-order valence-corrected chi connectivity index (χ1v) is 25.1. The molecule has 0 unspecified atom stereocenters. The molecule has 66 heavy (non-hydrogen) atoms. The van der Waals surface area contributed by atoms with Crippen LogP contribution in [0, 0.1) is 35.5 Å². The smallest absolute Gasteiger partial charge is 0.321 e. The lowest BCUT2D eigenvalue weighted by molar-refractivity contribution is -0.150. The number of aliphatic imine (C=N–C) groups is 3. The topological polar surface area (TPSA) is 122 Å². The van der Waals surface area contributed by atoms with E-state index in [-0.39, 0.29) is 36.6 Å². The van der Waals surface area contributed by atoms with Crippen LogP contribution in [0.2, 0.25) is 0 Å². The van der Waals surface area contributed by atoms with Gasteiger partial charge in [-0.3, -0.25) is 9.59 Å². The zero-order valence-electron chi connectivity index (χ0n) is 42.2. The highest BCUT2D eigenvalue weighted by Gasteiger charge is 2.49. The van der Waals surface area contributed by atoms with Crippen LogP contribution in [0.4, 0.5) is 0 Å². The van der Waals surface area contributed by atoms with Gasteiger partial charge in [0.25, 0.3) is 0 Å². The number of aliphatic hydroxyl groups excluding tert-OH is 1. The van der Waals surface area contributed by atoms with E-state index in [0.717, 1.165) is 99.1 Å². The molecule has 0 aromatic rings. The second-order valence-electron chi connectivity index (χ2n) is 20.5. The number of rotatable bonds is 21. The molecule has 0 aromatic heterocycles. The number of hydrogen-bond donors (Lipinski definition) is 2. The lowest BCUT2D eigenvalue weighted by Gasteiger charge is -2.21. The molecule has 5 aliphatic heterocycles. The van der Waals surface area contributed by atoms with Crippen molar-refractivity contribution < 1.29 is 24.2 Å². The van der Waals surface area contributed by atoms with Crippen molar-refractivity contribution in [2.75, 3.05) is 6.61 Å². The predicted molar refractivity (Wildman–Crippen MR) is 271 cm³/mol. The quantitative estimate of drug-likeness (QED) is 0.0874. The molecular weight excluding hydrogens is 821 g/mol. The number of carbonyl (C=O) groups excluding carboxylic acids is 2. The summed E-state index contributed by atoms with van der Waals surface area (Å²) in [6, 6.07) is 0. The second-order valence-corrected chi connectivity index (χ2v) is 20.5. The Hall–Kier alpha value is -5.05. The fraction of sp³-hybridized carbons (Fsp3) is 0.561. The van der Waals surface area contributed by atoms with Crippen molar-refractivity contribution in [3.05, 3.63) is 116 Å². The molecule has 5 atom stereocenters. The Morgan fingerprint density at radius 3 is 2.15 bits per heavy atom. The first-order valence-electron chi connectivity index (χ1n) is 25.1. The monoisotopic (exact) mass is 899 g/mol. The van der Waals surface area contributed by atoms with Crippen LogP contribution < -0.4 is 5.32 Å². The lowest BCUT2D eigenvalue weighted by Crippen LogP contribution is -2.27. The lowest BCUT2D eigenvalue weighted by atomic mass is 9.84. The van der Waals surface area contributed by atoms with Crippen molar-refractivity contribution in [1.82, 2.24) is 5.32 Å². The number of ether oxygens (including phenoxy) is 2. The minimum absolute atomic E-state index is 0.0756. The van der Waals surface area contributed by atoms with Gasteiger partial charge in [0.2, 0.25) is 0 Å². The third-order valence-electron chi connectivity index (χ3n) is 14.5. The summed E-state index contributed by atoms with van der Waals surface area (Å²) in [5, 5.41) is 15.8. The maximum atomic E-state index is 14.1. The van der Waals surface area contributed by atoms with Crippen LogP contribution in [0.3, 0.4) is 0 Å². The fourth-order valence-electron chi connectivity index (χ4n) is 10.4. The van der Waals surface area contributed by atoms with Crippen LogP contribution >= 0.6 is 0 Å². The Bertz CT molecular complexity index is 2350. The molecule has 8 bridgehead atoms. The molecule has 1 fully saturated rings. The average molecular weight is 899 g/mol. The molecular formula is C57H78N4O5. The number of allylic oxidation sites excluding steroid dienone is 12. The highest BCUT2D eigenvalue weighted by molar-refractivity contribution is 6.24. The first-order chi connectivity index (χ1) is 31.4. The second kappa shape index (κ2) is 22.2. The molecule has 0 saturated carbocycles. The molecule has 2 N–H and O–H groups in total. The summed E-state index contributed by atoms with van der Waals surface area (Å²) in [5.74, 6) is -0.00508. The molecule has 5 heterocycles. The average Bonchev–Trinajstić information content (AvgIpc) is 4.00. The van der Waals surface area contributed by atoms with Crippen molar-refractivity contribution >= 4 is 29.1 Å². The van der Waals surface area contributed by atoms with Crippen molar-refractivity contribution in [1.29, 1.82) is 0 Å². The van der Waals surface area contributed by atoms with E-state index in [1.165, 1.54) is 50.5 Å². The number of fused-ring (bicyclic) bond motifs is 5. The van der Waals surface area contributed by atoms with E-state index in [4.69, 9.17) is 24.5 Å². The van der Waals surface area contributed by atoms with Gasteiger partial charge in [-0.25, -0.2) is 15.0 Å². The Kier molecular flexibility index (Phi) is 16.9. The van der Waals surface area contributed by atoms with Crippen LogP contribution in [-0.4, -0.2) is 46.9 Å². The number of hydrogen-bond acceptors (Lipinski definition) is 9. The molecule has 0 spiro atoms. The molecule has 0 aromatic carbocycles. The van der Waals surface area contributed by atoms with Crippen molar-refractivity contribution in [3.8, 4) is 0 Å². The van der Waals surface area contributed by atoms with Gasteiger partial charge in [0, 0.05) is 46.4 Å². The minimum atomic E-state index is -1.09. The Morgan fingerprint density at radius 1 is 0.848 bits per heavy atom. The van der Waals surface area contributed by atoms with Crippen LogP contribution in [-0.2, 0) is 19.1 Å². The van der Waals surface area contributed by atoms with Gasteiger partial charge < -0.3 is 19.9 Å². The molecule has 1 aliphatic carbocycles. The molecule has 0 amide bonds. The normalized spacial score (nSPS) is 22.5. The summed E-state index contributed by atoms with van der Waals surface area (Å²) < 4.78 is 11.6. The van der Waals surface area contributed by atoms with E-state index in [9.17, 15) is 14.7 Å². The molecule has 9 nitrogen and oxygen atoms in total. The largest absolute Gasteiger partial charge is 0.510 e. The van der Waals surface area contributed by atoms with Gasteiger partial charge in [0.1, 0.15) is 18.3 Å². The van der Waals surface area contributed by atoms with Gasteiger partial charge in [0.15, 0.2) is 0 Å². The zero-order valence-corrected chi connectivity index (χ0v) is 42.2. The maximum Gasteiger partial charge on any atom is 0.321 e. The molecule has 9 heteroatoms. The van der Waals surface area contributed by atoms with Crippen LogP contribution in [0.15, 0.2) is 131 Å². The summed E-state index contributed by atoms with van der Waals surface area (Å²) in [5.41, 5.74) is 13.3. The predicted octanol–water partition coefficient (Wildman–Crippen LogP) is 13.7. The summed E-state index contributed by atoms with van der Waals surface area (Å²) in [7, 11) is 0. The Morgan fingerprint density at radius 2 is 1.50 bits per heavy atom. The number of esters is 2. The summed E-state index contributed by atoms with van der Waals surface area (Å²) in [6.45, 7) is 29.9. The standard InChI is InChI=1S/C57H78N4O5/c1-14-41-37(10)44-29-46-39(12)43(25-26-50(62)65-28-27-36(9)24-18-23-35(8)22-17-21-34(7)20-16-19-32(3)4)54(60-46)52-53(57(64)66-33(5)6)56(63)51-40(13)47(61-55(51)52)31-49-42(15-2)38(11)45(59-49)30-48(41)58-44/h14,27,29-35,39,43,53,60,63H,1,15-26,28H2,2-13H3/b36-27+,46-29?,48-30?,49-31?,54-52?/t34-,35-,39+,43+,53-/m1/s1. The van der Waals surface area contributed by atoms with Crippen molar-refractivity contribution in [2.45, 2.75) is 166 Å². The van der Waals surface area contributed by atoms with E-state index in [0.29, 0.717) is 29.0 Å². The Balaban J connectivity index is 1.22. The molecule has 1 saturated heterocycles. The highest BCUT2D eigenvalue weighted by atomic mass is 16.5. The Labute approximate surface area is 396 Å². The molecule has 0 radical (unpaired) electrons. The zero-order chi connectivity index (χ0) is 48.0. The van der Waals surface area contributed by atoms with E-state index in [1.54, 1.807) is 13.8 Å². The SMILES string of the molecule is C=CC1=C(C)C2=NC1=CC1=NC(=CC3=C(C)C4=C(O)[C@H](C(=O)OC(C)C)C(=C5NC(=C2)[C@@H](C)[C@@H]5CCC(=O)OC/C=C(\C)CCC[C@H](C)CCC[C@H](C)CCCC(C)C)C4=N3)C(CC)=C1C. The van der Waals surface area contributed by atoms with E-state index in [2.05, 4.69) is 80.3 Å². The number of carbonyl (C=O) groups is 2. The van der Waals surface area contributed by atoms with Gasteiger partial charge in [-0.2, -0.15) is 0 Å². The third kappa shape index (κ3) is 11.4. The number of nitrogens with one attached hydrogen (secondary N) is 1. The summed E-state index contributed by atoms with van der Waals surface area (Å²) in [6.07, 6.45) is 22.3. The van der Waals surface area contributed by atoms with Gasteiger partial charge in [-0.15, -0.1) is 0 Å². The maximum absolute atomic E-state index is 14.1. The van der Waals surface area contributed by atoms with Crippen molar-refractivity contribution in [3.63, 3.8) is 0 Å². The van der Waals surface area contributed by atoms with Crippen LogP contribution in [0.25, 0.3) is 0 Å². The van der Waals surface area contributed by atoms with Gasteiger partial charge in [-0.05, 0) is 132 Å². The molecule has 6 rings (SSSR count). The van der Waals surface area contributed by atoms with Crippen LogP contribution in [0.5, 0.6) is 0 Å². The van der Waals surface area contributed by atoms with Gasteiger partial charge in [0.05, 0.1) is 40.3 Å². The van der Waals surface area contributed by atoms with Crippen LogP contribution in [0.1, 0.15) is 160 Å². The fourth-order valence-corrected chi connectivity index (χ4v) is 10.4.